The maximum atomic E-state index is 13.0. The predicted octanol–water partition coefficient (Wildman–Crippen LogP) is 3.35. The first-order valence-corrected chi connectivity index (χ1v) is 7.21. The lowest BCUT2D eigenvalue weighted by Crippen LogP contribution is -2.39. The Bertz CT molecular complexity index is 400. The number of hydrogen-bond acceptors (Lipinski definition) is 2. The molecule has 1 fully saturated rings. The van der Waals surface area contributed by atoms with Crippen molar-refractivity contribution in [1.82, 2.24) is 10.2 Å². The summed E-state index contributed by atoms with van der Waals surface area (Å²) >= 11 is 0. The average Bonchev–Trinajstić information content (AvgIpc) is 2.71. The van der Waals surface area contributed by atoms with Gasteiger partial charge in [0.25, 0.3) is 0 Å². The summed E-state index contributed by atoms with van der Waals surface area (Å²) in [5, 5.41) is 3.34. The van der Waals surface area contributed by atoms with E-state index in [9.17, 15) is 4.39 Å². The second kappa shape index (κ2) is 6.02. The van der Waals surface area contributed by atoms with E-state index in [1.165, 1.54) is 24.9 Å². The molecule has 0 bridgehead atoms. The molecular weight excluding hydrogens is 239 g/mol. The first-order valence-electron chi connectivity index (χ1n) is 7.21. The normalized spacial score (nSPS) is 20.6. The van der Waals surface area contributed by atoms with Crippen LogP contribution in [0.5, 0.6) is 0 Å². The van der Waals surface area contributed by atoms with Gasteiger partial charge in [0.15, 0.2) is 0 Å². The Balaban J connectivity index is 1.94. The molecule has 3 heteroatoms. The van der Waals surface area contributed by atoms with Gasteiger partial charge in [0, 0.05) is 18.1 Å². The molecule has 1 aliphatic rings. The van der Waals surface area contributed by atoms with Gasteiger partial charge in [0.1, 0.15) is 5.82 Å². The molecule has 0 saturated carbocycles. The summed E-state index contributed by atoms with van der Waals surface area (Å²) in [6.07, 6.45) is 3.65. The highest BCUT2D eigenvalue weighted by Gasteiger charge is 2.31. The lowest BCUT2D eigenvalue weighted by Gasteiger charge is -2.32. The van der Waals surface area contributed by atoms with Gasteiger partial charge in [-0.25, -0.2) is 4.39 Å². The topological polar surface area (TPSA) is 15.3 Å². The molecule has 1 aromatic carbocycles. The predicted molar refractivity (Wildman–Crippen MR) is 77.7 cm³/mol. The number of benzene rings is 1. The van der Waals surface area contributed by atoms with Crippen molar-refractivity contribution in [2.75, 3.05) is 20.1 Å². The highest BCUT2D eigenvalue weighted by Crippen LogP contribution is 2.29. The molecule has 0 aliphatic carbocycles. The Morgan fingerprint density at radius 1 is 1.32 bits per heavy atom. The van der Waals surface area contributed by atoms with Crippen LogP contribution >= 0.6 is 0 Å². The lowest BCUT2D eigenvalue weighted by atomic mass is 10.00. The van der Waals surface area contributed by atoms with Crippen molar-refractivity contribution in [2.24, 2.45) is 0 Å². The smallest absolute Gasteiger partial charge is 0.123 e. The van der Waals surface area contributed by atoms with E-state index in [4.69, 9.17) is 0 Å². The van der Waals surface area contributed by atoms with E-state index < -0.39 is 0 Å². The van der Waals surface area contributed by atoms with Crippen LogP contribution in [-0.4, -0.2) is 30.6 Å². The first-order chi connectivity index (χ1) is 9.03. The molecule has 1 unspecified atom stereocenters. The van der Waals surface area contributed by atoms with Crippen molar-refractivity contribution in [3.8, 4) is 0 Å². The molecule has 1 atom stereocenters. The summed E-state index contributed by atoms with van der Waals surface area (Å²) in [6, 6.07) is 7.15. The third kappa shape index (κ3) is 3.54. The zero-order valence-electron chi connectivity index (χ0n) is 12.2. The van der Waals surface area contributed by atoms with Crippen LogP contribution in [0, 0.1) is 5.82 Å². The van der Waals surface area contributed by atoms with E-state index in [1.54, 1.807) is 12.1 Å². The van der Waals surface area contributed by atoms with E-state index in [0.29, 0.717) is 11.6 Å². The fourth-order valence-corrected chi connectivity index (χ4v) is 3.04. The maximum absolute atomic E-state index is 13.0. The average molecular weight is 264 g/mol. The summed E-state index contributed by atoms with van der Waals surface area (Å²) in [7, 11) is 1.98. The Labute approximate surface area is 116 Å². The minimum Gasteiger partial charge on any atom is -0.313 e. The number of likely N-dealkylation sites (tertiary alicyclic amines) is 1. The van der Waals surface area contributed by atoms with Crippen molar-refractivity contribution in [3.05, 3.63) is 35.6 Å². The Morgan fingerprint density at radius 2 is 2.00 bits per heavy atom. The summed E-state index contributed by atoms with van der Waals surface area (Å²) < 4.78 is 13.0. The molecule has 0 spiro atoms. The minimum atomic E-state index is -0.167. The fraction of sp³-hybridized carbons (Fsp3) is 0.625. The highest BCUT2D eigenvalue weighted by atomic mass is 19.1. The summed E-state index contributed by atoms with van der Waals surface area (Å²) in [4.78, 5) is 2.57. The third-order valence-corrected chi connectivity index (χ3v) is 4.38. The molecule has 0 radical (unpaired) electrons. The van der Waals surface area contributed by atoms with Crippen molar-refractivity contribution >= 4 is 0 Å². The van der Waals surface area contributed by atoms with Crippen LogP contribution in [0.2, 0.25) is 0 Å². The summed E-state index contributed by atoms with van der Waals surface area (Å²) in [5.41, 5.74) is 1.50. The van der Waals surface area contributed by atoms with Crippen molar-refractivity contribution < 1.29 is 4.39 Å². The molecule has 2 rings (SSSR count). The van der Waals surface area contributed by atoms with Crippen molar-refractivity contribution in [1.29, 1.82) is 0 Å². The molecule has 2 nitrogen and oxygen atoms in total. The minimum absolute atomic E-state index is 0.167. The Kier molecular flexibility index (Phi) is 4.58. The van der Waals surface area contributed by atoms with Gasteiger partial charge in [-0.05, 0) is 64.4 Å². The Morgan fingerprint density at radius 3 is 2.53 bits per heavy atom. The van der Waals surface area contributed by atoms with Gasteiger partial charge >= 0.3 is 0 Å². The number of hydrogen-bond donors (Lipinski definition) is 1. The molecule has 1 heterocycles. The molecule has 106 valence electrons. The van der Waals surface area contributed by atoms with E-state index in [1.807, 2.05) is 19.2 Å². The summed E-state index contributed by atoms with van der Waals surface area (Å²) in [5.74, 6) is -0.167. The number of halogens is 1. The third-order valence-electron chi connectivity index (χ3n) is 4.38. The van der Waals surface area contributed by atoms with E-state index >= 15 is 0 Å². The van der Waals surface area contributed by atoms with Crippen LogP contribution in [0.1, 0.15) is 44.7 Å². The van der Waals surface area contributed by atoms with Crippen LogP contribution in [0.15, 0.2) is 24.3 Å². The molecule has 1 aliphatic heterocycles. The molecule has 19 heavy (non-hydrogen) atoms. The van der Waals surface area contributed by atoms with E-state index in [-0.39, 0.29) is 5.82 Å². The second-order valence-electron chi connectivity index (χ2n) is 6.08. The van der Waals surface area contributed by atoms with Crippen molar-refractivity contribution in [3.63, 3.8) is 0 Å². The van der Waals surface area contributed by atoms with Gasteiger partial charge in [-0.3, -0.25) is 4.90 Å². The zero-order chi connectivity index (χ0) is 13.9. The van der Waals surface area contributed by atoms with Gasteiger partial charge in [-0.15, -0.1) is 0 Å². The van der Waals surface area contributed by atoms with Gasteiger partial charge in [-0.1, -0.05) is 12.1 Å². The molecule has 1 saturated heterocycles. The fourth-order valence-electron chi connectivity index (χ4n) is 3.04. The number of nitrogens with zero attached hydrogens (tertiary/aromatic N) is 1. The van der Waals surface area contributed by atoms with E-state index in [2.05, 4.69) is 24.1 Å². The lowest BCUT2D eigenvalue weighted by molar-refractivity contribution is 0.167. The first kappa shape index (κ1) is 14.5. The maximum Gasteiger partial charge on any atom is 0.123 e. The van der Waals surface area contributed by atoms with Gasteiger partial charge in [-0.2, -0.15) is 0 Å². The molecule has 0 amide bonds. The highest BCUT2D eigenvalue weighted by molar-refractivity contribution is 5.19. The van der Waals surface area contributed by atoms with Gasteiger partial charge in [0.05, 0.1) is 0 Å². The van der Waals surface area contributed by atoms with Gasteiger partial charge in [0.2, 0.25) is 0 Å². The van der Waals surface area contributed by atoms with Crippen LogP contribution in [0.3, 0.4) is 0 Å². The summed E-state index contributed by atoms with van der Waals surface area (Å²) in [6.45, 7) is 6.95. The number of rotatable bonds is 5. The zero-order valence-corrected chi connectivity index (χ0v) is 12.2. The number of nitrogens with one attached hydrogen (secondary N) is 1. The molecule has 1 N–H and O–H groups in total. The molecule has 1 aromatic rings. The Hall–Kier alpha value is -0.930. The van der Waals surface area contributed by atoms with Crippen molar-refractivity contribution in [2.45, 2.75) is 44.7 Å². The van der Waals surface area contributed by atoms with Gasteiger partial charge < -0.3 is 5.32 Å². The standard InChI is InChI=1S/C16H25FN2/c1-16(2)10-4-11-19(16)12-9-15(18-3)13-5-7-14(17)8-6-13/h5-8,15,18H,4,9-12H2,1-3H3. The molecular formula is C16H25FN2. The van der Waals surface area contributed by atoms with Crippen LogP contribution in [0.4, 0.5) is 4.39 Å². The molecule has 0 aromatic heterocycles. The van der Waals surface area contributed by atoms with Crippen LogP contribution in [0.25, 0.3) is 0 Å². The quantitative estimate of drug-likeness (QED) is 0.877. The van der Waals surface area contributed by atoms with Crippen LogP contribution < -0.4 is 5.32 Å². The van der Waals surface area contributed by atoms with Crippen LogP contribution in [-0.2, 0) is 0 Å². The second-order valence-corrected chi connectivity index (χ2v) is 6.08. The monoisotopic (exact) mass is 264 g/mol. The van der Waals surface area contributed by atoms with E-state index in [0.717, 1.165) is 13.0 Å². The SMILES string of the molecule is CNC(CCN1CCCC1(C)C)c1ccc(F)cc1. The largest absolute Gasteiger partial charge is 0.313 e.